The van der Waals surface area contributed by atoms with E-state index in [1.54, 1.807) is 6.07 Å². The van der Waals surface area contributed by atoms with E-state index in [1.165, 1.54) is 18.2 Å². The SMILES string of the molecule is CCCC=CC1CCC2c3cc(F)cc(F)c3CCC2C1c1ccc(F)c(F)c1. The highest BCUT2D eigenvalue weighted by Gasteiger charge is 2.43. The Bertz CT molecular complexity index is 917. The molecule has 1 fully saturated rings. The number of benzene rings is 2. The normalized spacial score (nSPS) is 26.4. The molecule has 0 amide bonds. The lowest BCUT2D eigenvalue weighted by molar-refractivity contribution is 0.193. The lowest BCUT2D eigenvalue weighted by Crippen LogP contribution is -2.35. The van der Waals surface area contributed by atoms with E-state index in [0.29, 0.717) is 12.0 Å². The monoisotopic (exact) mass is 402 g/mol. The van der Waals surface area contributed by atoms with Crippen LogP contribution in [0.25, 0.3) is 0 Å². The van der Waals surface area contributed by atoms with Crippen molar-refractivity contribution < 1.29 is 17.6 Å². The van der Waals surface area contributed by atoms with E-state index < -0.39 is 23.3 Å². The first-order valence-corrected chi connectivity index (χ1v) is 10.6. The molecule has 0 aliphatic heterocycles. The third-order valence-electron chi connectivity index (χ3n) is 6.74. The van der Waals surface area contributed by atoms with Gasteiger partial charge in [-0.25, -0.2) is 17.6 Å². The summed E-state index contributed by atoms with van der Waals surface area (Å²) in [4.78, 5) is 0. The molecule has 1 saturated carbocycles. The Morgan fingerprint density at radius 2 is 1.76 bits per heavy atom. The molecule has 0 bridgehead atoms. The molecule has 4 rings (SSSR count). The van der Waals surface area contributed by atoms with Gasteiger partial charge in [-0.15, -0.1) is 0 Å². The van der Waals surface area contributed by atoms with Crippen molar-refractivity contribution in [2.75, 3.05) is 0 Å². The van der Waals surface area contributed by atoms with Gasteiger partial charge in [-0.1, -0.05) is 31.6 Å². The Kier molecular flexibility index (Phi) is 5.80. The van der Waals surface area contributed by atoms with Crippen molar-refractivity contribution in [3.05, 3.63) is 82.4 Å². The Morgan fingerprint density at radius 3 is 2.52 bits per heavy atom. The van der Waals surface area contributed by atoms with Crippen molar-refractivity contribution >= 4 is 0 Å². The molecule has 2 aromatic rings. The first-order chi connectivity index (χ1) is 14.0. The second-order valence-electron chi connectivity index (χ2n) is 8.42. The highest BCUT2D eigenvalue weighted by atomic mass is 19.2. The van der Waals surface area contributed by atoms with Crippen LogP contribution in [0.5, 0.6) is 0 Å². The average Bonchev–Trinajstić information content (AvgIpc) is 2.69. The highest BCUT2D eigenvalue weighted by molar-refractivity contribution is 5.38. The highest BCUT2D eigenvalue weighted by Crippen LogP contribution is 2.54. The minimum Gasteiger partial charge on any atom is -0.207 e. The third kappa shape index (κ3) is 3.86. The van der Waals surface area contributed by atoms with Gasteiger partial charge in [-0.2, -0.15) is 0 Å². The fourth-order valence-corrected chi connectivity index (χ4v) is 5.50. The van der Waals surface area contributed by atoms with Gasteiger partial charge in [0.1, 0.15) is 11.6 Å². The maximum absolute atomic E-state index is 14.3. The summed E-state index contributed by atoms with van der Waals surface area (Å²) < 4.78 is 55.9. The van der Waals surface area contributed by atoms with Gasteiger partial charge in [0.05, 0.1) is 0 Å². The van der Waals surface area contributed by atoms with E-state index in [-0.39, 0.29) is 23.7 Å². The zero-order valence-corrected chi connectivity index (χ0v) is 16.6. The van der Waals surface area contributed by atoms with Crippen molar-refractivity contribution in [1.29, 1.82) is 0 Å². The summed E-state index contributed by atoms with van der Waals surface area (Å²) in [5, 5.41) is 0. The first kappa shape index (κ1) is 20.2. The van der Waals surface area contributed by atoms with Crippen molar-refractivity contribution in [2.45, 2.75) is 57.3 Å². The van der Waals surface area contributed by atoms with Gasteiger partial charge in [0.25, 0.3) is 0 Å². The number of halogens is 4. The van der Waals surface area contributed by atoms with E-state index in [1.807, 2.05) is 0 Å². The Balaban J connectivity index is 1.75. The number of rotatable bonds is 4. The smallest absolute Gasteiger partial charge is 0.159 e. The molecule has 0 radical (unpaired) electrons. The average molecular weight is 402 g/mol. The second kappa shape index (κ2) is 8.33. The summed E-state index contributed by atoms with van der Waals surface area (Å²) in [6.07, 6.45) is 9.45. The van der Waals surface area contributed by atoms with Gasteiger partial charge >= 0.3 is 0 Å². The zero-order valence-electron chi connectivity index (χ0n) is 16.6. The molecule has 0 heterocycles. The summed E-state index contributed by atoms with van der Waals surface area (Å²) >= 11 is 0. The zero-order chi connectivity index (χ0) is 20.5. The molecule has 4 unspecified atom stereocenters. The van der Waals surface area contributed by atoms with E-state index in [0.717, 1.165) is 49.3 Å². The number of fused-ring (bicyclic) bond motifs is 3. The quantitative estimate of drug-likeness (QED) is 0.368. The van der Waals surface area contributed by atoms with Gasteiger partial charge in [-0.05, 0) is 90.7 Å². The van der Waals surface area contributed by atoms with Crippen LogP contribution in [-0.2, 0) is 6.42 Å². The predicted molar refractivity (Wildman–Crippen MR) is 107 cm³/mol. The molecule has 29 heavy (non-hydrogen) atoms. The lowest BCUT2D eigenvalue weighted by atomic mass is 9.58. The van der Waals surface area contributed by atoms with Crippen LogP contribution in [0.1, 0.15) is 67.6 Å². The molecule has 0 saturated heterocycles. The molecule has 0 aromatic heterocycles. The molecule has 0 spiro atoms. The van der Waals surface area contributed by atoms with E-state index in [4.69, 9.17) is 0 Å². The van der Waals surface area contributed by atoms with Gasteiger partial charge < -0.3 is 0 Å². The summed E-state index contributed by atoms with van der Waals surface area (Å²) in [7, 11) is 0. The van der Waals surface area contributed by atoms with Crippen LogP contribution in [0.4, 0.5) is 17.6 Å². The molecule has 4 atom stereocenters. The van der Waals surface area contributed by atoms with Gasteiger partial charge in [0, 0.05) is 6.07 Å². The third-order valence-corrected chi connectivity index (χ3v) is 6.74. The van der Waals surface area contributed by atoms with Crippen LogP contribution in [0.15, 0.2) is 42.5 Å². The largest absolute Gasteiger partial charge is 0.207 e. The fraction of sp³-hybridized carbons (Fsp3) is 0.440. The van der Waals surface area contributed by atoms with Crippen LogP contribution in [0, 0.1) is 35.1 Å². The maximum atomic E-state index is 14.3. The van der Waals surface area contributed by atoms with Crippen LogP contribution >= 0.6 is 0 Å². The summed E-state index contributed by atoms with van der Waals surface area (Å²) in [6.45, 7) is 2.12. The van der Waals surface area contributed by atoms with Crippen molar-refractivity contribution in [3.8, 4) is 0 Å². The molecule has 2 aliphatic rings. The van der Waals surface area contributed by atoms with Crippen LogP contribution in [0.2, 0.25) is 0 Å². The Morgan fingerprint density at radius 1 is 0.931 bits per heavy atom. The van der Waals surface area contributed by atoms with E-state index >= 15 is 0 Å². The summed E-state index contributed by atoms with van der Waals surface area (Å²) in [6, 6.07) is 6.62. The predicted octanol–water partition coefficient (Wildman–Crippen LogP) is 7.44. The van der Waals surface area contributed by atoms with Crippen LogP contribution < -0.4 is 0 Å². The minimum atomic E-state index is -0.850. The molecule has 4 heteroatoms. The molecular formula is C25H26F4. The fourth-order valence-electron chi connectivity index (χ4n) is 5.50. The number of allylic oxidation sites excluding steroid dienone is 2. The van der Waals surface area contributed by atoms with Crippen LogP contribution in [-0.4, -0.2) is 0 Å². The number of hydrogen-bond acceptors (Lipinski definition) is 0. The van der Waals surface area contributed by atoms with Gasteiger partial charge in [0.15, 0.2) is 11.6 Å². The molecule has 154 valence electrons. The molecule has 2 aromatic carbocycles. The van der Waals surface area contributed by atoms with Gasteiger partial charge in [0.2, 0.25) is 0 Å². The minimum absolute atomic E-state index is 0.0106. The summed E-state index contributed by atoms with van der Waals surface area (Å²) in [5.41, 5.74) is 2.17. The second-order valence-corrected chi connectivity index (χ2v) is 8.42. The van der Waals surface area contributed by atoms with Crippen molar-refractivity contribution in [1.82, 2.24) is 0 Å². The molecule has 0 N–H and O–H groups in total. The topological polar surface area (TPSA) is 0 Å². The van der Waals surface area contributed by atoms with Gasteiger partial charge in [-0.3, -0.25) is 0 Å². The van der Waals surface area contributed by atoms with Crippen molar-refractivity contribution in [3.63, 3.8) is 0 Å². The maximum Gasteiger partial charge on any atom is 0.159 e. The Hall–Kier alpha value is -2.10. The lowest BCUT2D eigenvalue weighted by Gasteiger charge is -2.46. The van der Waals surface area contributed by atoms with Crippen LogP contribution in [0.3, 0.4) is 0 Å². The first-order valence-electron chi connectivity index (χ1n) is 10.6. The van der Waals surface area contributed by atoms with E-state index in [2.05, 4.69) is 19.1 Å². The standard InChI is InChI=1S/C25H26F4/c1-2-3-4-5-15-6-8-18-20(25(15)16-7-11-22(27)24(29)12-16)10-9-19-21(18)13-17(26)14-23(19)28/h4-5,7,11-15,18,20,25H,2-3,6,8-10H2,1H3. The summed E-state index contributed by atoms with van der Waals surface area (Å²) in [5.74, 6) is -2.28. The van der Waals surface area contributed by atoms with E-state index in [9.17, 15) is 17.6 Å². The molecule has 0 nitrogen and oxygen atoms in total. The molecule has 2 aliphatic carbocycles. The number of unbranched alkanes of at least 4 members (excludes halogenated alkanes) is 1. The molecular weight excluding hydrogens is 376 g/mol. The Labute approximate surface area is 169 Å². The van der Waals surface area contributed by atoms with Crippen molar-refractivity contribution in [2.24, 2.45) is 11.8 Å². The number of hydrogen-bond donors (Lipinski definition) is 0.